The zero-order valence-electron chi connectivity index (χ0n) is 15.1. The quantitative estimate of drug-likeness (QED) is 0.642. The third kappa shape index (κ3) is 3.52. The average molecular weight is 389 g/mol. The summed E-state index contributed by atoms with van der Waals surface area (Å²) in [6, 6.07) is 3.72. The van der Waals surface area contributed by atoms with E-state index < -0.39 is 0 Å². The number of aromatic nitrogens is 2. The van der Waals surface area contributed by atoms with Crippen LogP contribution in [0.15, 0.2) is 28.0 Å². The van der Waals surface area contributed by atoms with Crippen molar-refractivity contribution >= 4 is 51.7 Å². The zero-order chi connectivity index (χ0) is 19.0. The second kappa shape index (κ2) is 7.20. The van der Waals surface area contributed by atoms with Crippen LogP contribution in [0.3, 0.4) is 0 Å². The Labute approximate surface area is 161 Å². The zero-order valence-corrected chi connectivity index (χ0v) is 16.7. The minimum absolute atomic E-state index is 0.205. The van der Waals surface area contributed by atoms with E-state index in [0.29, 0.717) is 38.7 Å². The lowest BCUT2D eigenvalue weighted by atomic mass is 10.2. The molecule has 6 nitrogen and oxygen atoms in total. The predicted octanol–water partition coefficient (Wildman–Crippen LogP) is 2.90. The SMILES string of the molecule is Cc1ccc2nc(NCC(C)C)c(/C=C3\SC(=S)N(C)C3=O)c(=O)n2c1. The molecule has 0 unspecified atom stereocenters. The van der Waals surface area contributed by atoms with Gasteiger partial charge in [0.05, 0.1) is 10.5 Å². The molecule has 26 heavy (non-hydrogen) atoms. The standard InChI is InChI=1S/C18H20N4O2S2/c1-10(2)8-19-15-12(7-13-17(24)21(4)18(25)26-13)16(23)22-9-11(3)5-6-14(22)20-15/h5-7,9-10,19H,8H2,1-4H3/b13-7-. The molecule has 0 aliphatic carbocycles. The molecule has 3 heterocycles. The Morgan fingerprint density at radius 3 is 2.69 bits per heavy atom. The van der Waals surface area contributed by atoms with Gasteiger partial charge in [-0.2, -0.15) is 0 Å². The highest BCUT2D eigenvalue weighted by Crippen LogP contribution is 2.31. The van der Waals surface area contributed by atoms with E-state index in [1.807, 2.05) is 19.1 Å². The molecule has 0 bridgehead atoms. The number of nitrogens with zero attached hydrogens (tertiary/aromatic N) is 3. The number of rotatable bonds is 4. The number of pyridine rings is 1. The van der Waals surface area contributed by atoms with Crippen molar-refractivity contribution in [3.05, 3.63) is 44.7 Å². The van der Waals surface area contributed by atoms with Gasteiger partial charge < -0.3 is 5.32 Å². The molecule has 0 spiro atoms. The lowest BCUT2D eigenvalue weighted by Crippen LogP contribution is -2.24. The van der Waals surface area contributed by atoms with Crippen molar-refractivity contribution < 1.29 is 4.79 Å². The van der Waals surface area contributed by atoms with Crippen molar-refractivity contribution in [2.24, 2.45) is 5.92 Å². The largest absolute Gasteiger partial charge is 0.369 e. The first kappa shape index (κ1) is 18.6. The number of hydrogen-bond acceptors (Lipinski definition) is 6. The van der Waals surface area contributed by atoms with Gasteiger partial charge in [0.25, 0.3) is 11.5 Å². The number of likely N-dealkylation sites (N-methyl/N-ethyl adjacent to an activating group) is 1. The molecule has 8 heteroatoms. The van der Waals surface area contributed by atoms with Crippen LogP contribution in [0.4, 0.5) is 5.82 Å². The van der Waals surface area contributed by atoms with Gasteiger partial charge in [-0.1, -0.05) is 43.9 Å². The summed E-state index contributed by atoms with van der Waals surface area (Å²) in [6.07, 6.45) is 3.34. The van der Waals surface area contributed by atoms with Crippen molar-refractivity contribution in [2.45, 2.75) is 20.8 Å². The number of amides is 1. The van der Waals surface area contributed by atoms with E-state index in [-0.39, 0.29) is 11.5 Å². The van der Waals surface area contributed by atoms with Crippen LogP contribution >= 0.6 is 24.0 Å². The van der Waals surface area contributed by atoms with E-state index in [4.69, 9.17) is 12.2 Å². The van der Waals surface area contributed by atoms with Gasteiger partial charge in [0.1, 0.15) is 15.8 Å². The number of carbonyl (C=O) groups is 1. The Morgan fingerprint density at radius 1 is 1.35 bits per heavy atom. The summed E-state index contributed by atoms with van der Waals surface area (Å²) < 4.78 is 1.98. The molecule has 1 fully saturated rings. The van der Waals surface area contributed by atoms with E-state index in [0.717, 1.165) is 5.56 Å². The maximum absolute atomic E-state index is 13.1. The van der Waals surface area contributed by atoms with E-state index in [1.165, 1.54) is 21.1 Å². The van der Waals surface area contributed by atoms with Crippen LogP contribution in [0.1, 0.15) is 25.0 Å². The van der Waals surface area contributed by atoms with Crippen LogP contribution in [0.25, 0.3) is 11.7 Å². The molecule has 0 aromatic carbocycles. The van der Waals surface area contributed by atoms with Crippen LogP contribution in [0.2, 0.25) is 0 Å². The van der Waals surface area contributed by atoms with Crippen LogP contribution in [0, 0.1) is 12.8 Å². The summed E-state index contributed by atoms with van der Waals surface area (Å²) in [4.78, 5) is 31.8. The molecule has 1 aliphatic rings. The summed E-state index contributed by atoms with van der Waals surface area (Å²) in [7, 11) is 1.63. The van der Waals surface area contributed by atoms with Crippen molar-refractivity contribution in [3.8, 4) is 0 Å². The maximum Gasteiger partial charge on any atom is 0.267 e. The van der Waals surface area contributed by atoms with Gasteiger partial charge in [-0.05, 0) is 30.5 Å². The van der Waals surface area contributed by atoms with Gasteiger partial charge in [0.15, 0.2) is 0 Å². The van der Waals surface area contributed by atoms with Crippen LogP contribution in [-0.2, 0) is 4.79 Å². The molecule has 1 aliphatic heterocycles. The minimum atomic E-state index is -0.216. The fraction of sp³-hybridized carbons (Fsp3) is 0.333. The molecular weight excluding hydrogens is 368 g/mol. The molecule has 0 radical (unpaired) electrons. The maximum atomic E-state index is 13.1. The van der Waals surface area contributed by atoms with E-state index in [9.17, 15) is 9.59 Å². The van der Waals surface area contributed by atoms with Crippen LogP contribution in [-0.4, -0.2) is 38.1 Å². The molecule has 2 aromatic rings. The van der Waals surface area contributed by atoms with Gasteiger partial charge >= 0.3 is 0 Å². The number of nitrogens with one attached hydrogen (secondary N) is 1. The Kier molecular flexibility index (Phi) is 5.15. The normalized spacial score (nSPS) is 16.3. The Balaban J connectivity index is 2.19. The first-order chi connectivity index (χ1) is 12.3. The third-order valence-corrected chi connectivity index (χ3v) is 5.43. The molecule has 1 amide bonds. The first-order valence-corrected chi connectivity index (χ1v) is 9.49. The van der Waals surface area contributed by atoms with Crippen molar-refractivity contribution in [2.75, 3.05) is 18.9 Å². The highest BCUT2D eigenvalue weighted by molar-refractivity contribution is 8.26. The van der Waals surface area contributed by atoms with Crippen molar-refractivity contribution in [3.63, 3.8) is 0 Å². The second-order valence-electron chi connectivity index (χ2n) is 6.63. The Morgan fingerprint density at radius 2 is 2.08 bits per heavy atom. The molecule has 2 aromatic heterocycles. The summed E-state index contributed by atoms with van der Waals surface area (Å²) in [5, 5.41) is 3.24. The highest BCUT2D eigenvalue weighted by Gasteiger charge is 2.29. The predicted molar refractivity (Wildman–Crippen MR) is 110 cm³/mol. The van der Waals surface area contributed by atoms with Crippen LogP contribution < -0.4 is 10.9 Å². The van der Waals surface area contributed by atoms with Gasteiger partial charge in [0, 0.05) is 19.8 Å². The second-order valence-corrected chi connectivity index (χ2v) is 8.31. The number of aryl methyl sites for hydroxylation is 1. The highest BCUT2D eigenvalue weighted by atomic mass is 32.2. The van der Waals surface area contributed by atoms with Crippen LogP contribution in [0.5, 0.6) is 0 Å². The smallest absolute Gasteiger partial charge is 0.267 e. The molecule has 136 valence electrons. The minimum Gasteiger partial charge on any atom is -0.369 e. The Bertz CT molecular complexity index is 995. The van der Waals surface area contributed by atoms with Gasteiger partial charge in [-0.15, -0.1) is 0 Å². The first-order valence-electron chi connectivity index (χ1n) is 8.26. The van der Waals surface area contributed by atoms with Gasteiger partial charge in [-0.3, -0.25) is 18.9 Å². The van der Waals surface area contributed by atoms with E-state index >= 15 is 0 Å². The summed E-state index contributed by atoms with van der Waals surface area (Å²) in [5.74, 6) is 0.660. The van der Waals surface area contributed by atoms with Crippen molar-refractivity contribution in [1.29, 1.82) is 0 Å². The monoisotopic (exact) mass is 388 g/mol. The summed E-state index contributed by atoms with van der Waals surface area (Å²) >= 11 is 6.36. The van der Waals surface area contributed by atoms with Gasteiger partial charge in [-0.25, -0.2) is 4.98 Å². The number of carbonyl (C=O) groups excluding carboxylic acids is 1. The number of thiocarbonyl (C=S) groups is 1. The van der Waals surface area contributed by atoms with E-state index in [2.05, 4.69) is 24.1 Å². The number of fused-ring (bicyclic) bond motifs is 1. The number of anilines is 1. The fourth-order valence-electron chi connectivity index (χ4n) is 2.50. The summed E-state index contributed by atoms with van der Waals surface area (Å²) in [6.45, 7) is 6.74. The topological polar surface area (TPSA) is 66.7 Å². The molecule has 0 atom stereocenters. The molecule has 0 saturated carbocycles. The van der Waals surface area contributed by atoms with Gasteiger partial charge in [0.2, 0.25) is 0 Å². The number of hydrogen-bond donors (Lipinski definition) is 1. The lowest BCUT2D eigenvalue weighted by molar-refractivity contribution is -0.121. The Hall–Kier alpha value is -2.19. The van der Waals surface area contributed by atoms with E-state index in [1.54, 1.807) is 19.3 Å². The fourth-order valence-corrected chi connectivity index (χ4v) is 3.66. The van der Waals surface area contributed by atoms with Crippen molar-refractivity contribution in [1.82, 2.24) is 14.3 Å². The lowest BCUT2D eigenvalue weighted by Gasteiger charge is -2.13. The summed E-state index contributed by atoms with van der Waals surface area (Å²) in [5.41, 5.74) is 1.66. The molecule has 3 rings (SSSR count). The third-order valence-electron chi connectivity index (χ3n) is 3.95. The molecular formula is C18H20N4O2S2. The molecule has 1 saturated heterocycles. The molecule has 1 N–H and O–H groups in total. The average Bonchev–Trinajstić information content (AvgIpc) is 2.83. The number of thioether (sulfide) groups is 1.